The molecule has 2 aliphatic carbocycles. The first-order chi connectivity index (χ1) is 12.4. The lowest BCUT2D eigenvalue weighted by molar-refractivity contribution is -0.0755. The lowest BCUT2D eigenvalue weighted by Crippen LogP contribution is -2.42. The van der Waals surface area contributed by atoms with Crippen molar-refractivity contribution in [2.24, 2.45) is 28.8 Å². The molecule has 5 unspecified atom stereocenters. The van der Waals surface area contributed by atoms with Crippen molar-refractivity contribution in [3.8, 4) is 0 Å². The van der Waals surface area contributed by atoms with Crippen LogP contribution in [0.1, 0.15) is 44.9 Å². The second-order valence-electron chi connectivity index (χ2n) is 7.50. The highest BCUT2D eigenvalue weighted by molar-refractivity contribution is 7.69. The van der Waals surface area contributed by atoms with E-state index in [1.54, 1.807) is 0 Å². The van der Waals surface area contributed by atoms with E-state index in [4.69, 9.17) is 19.7 Å². The van der Waals surface area contributed by atoms with E-state index in [1.807, 2.05) is 0 Å². The van der Waals surface area contributed by atoms with Gasteiger partial charge in [-0.15, -0.1) is 0 Å². The maximum atomic E-state index is 11.9. The Balaban J connectivity index is 1.44. The van der Waals surface area contributed by atoms with Gasteiger partial charge in [-0.3, -0.25) is 4.52 Å². The molecule has 11 nitrogen and oxygen atoms in total. The van der Waals surface area contributed by atoms with Crippen LogP contribution >= 0.6 is 23.3 Å². The normalized spacial score (nSPS) is 38.2. The summed E-state index contributed by atoms with van der Waals surface area (Å²) >= 11 is 0. The molecule has 1 aliphatic heterocycles. The summed E-state index contributed by atoms with van der Waals surface area (Å²) in [5.74, 6) is 2.08. The van der Waals surface area contributed by atoms with E-state index in [-0.39, 0.29) is 12.7 Å². The minimum Gasteiger partial charge on any atom is -0.372 e. The van der Waals surface area contributed by atoms with E-state index in [2.05, 4.69) is 14.1 Å². The first-order valence-electron chi connectivity index (χ1n) is 8.99. The van der Waals surface area contributed by atoms with Crippen LogP contribution < -0.4 is 11.0 Å². The molecule has 0 spiro atoms. The summed E-state index contributed by atoms with van der Waals surface area (Å²) in [4.78, 5) is 18.4. The molecule has 3 rings (SSSR count). The van der Waals surface area contributed by atoms with Crippen LogP contribution in [0.3, 0.4) is 0 Å². The molecule has 158 valence electrons. The average molecular weight is 448 g/mol. The number of phosphoric acid groups is 1. The molecule has 0 aromatic heterocycles. The van der Waals surface area contributed by atoms with Gasteiger partial charge in [0.25, 0.3) is 0 Å². The van der Waals surface area contributed by atoms with Crippen molar-refractivity contribution in [1.29, 1.82) is 0 Å². The smallest absolute Gasteiger partial charge is 0.372 e. The molecule has 2 saturated carbocycles. The summed E-state index contributed by atoms with van der Waals surface area (Å²) in [5, 5.41) is 0. The van der Waals surface area contributed by atoms with Gasteiger partial charge in [0.05, 0.1) is 18.8 Å². The largest absolute Gasteiger partial charge is 0.480 e. The number of rotatable bonds is 9. The van der Waals surface area contributed by atoms with Crippen LogP contribution in [0.15, 0.2) is 0 Å². The zero-order chi connectivity index (χ0) is 19.9. The summed E-state index contributed by atoms with van der Waals surface area (Å²) < 4.78 is 53.2. The van der Waals surface area contributed by atoms with Gasteiger partial charge in [-0.05, 0) is 43.4 Å². The number of ether oxygens (including phenoxy) is 1. The van der Waals surface area contributed by atoms with Gasteiger partial charge in [0.2, 0.25) is 0 Å². The highest BCUT2D eigenvalue weighted by atomic mass is 31.3. The molecular formula is C13H27N2O9P3. The Morgan fingerprint density at radius 3 is 2.11 bits per heavy atom. The van der Waals surface area contributed by atoms with E-state index in [1.165, 1.54) is 25.7 Å². The first kappa shape index (κ1) is 22.1. The Morgan fingerprint density at radius 2 is 1.59 bits per heavy atom. The SMILES string of the molecule is NP(=O)(O)OP(N)(=O)OP(=O)(O)OC[C@@H]1CC[C@H](C2CCC2C2CCC2)O1. The standard InChI is InChI=1S/C13H27N2O9P3/c14-25(16,17)23-26(15,18)24-27(19,20)21-8-10-4-7-13(22-10)12-6-5-11(12)9-2-1-3-9/h9-13H,1-8H2,(H2,15,18)(H,19,20)(H3,14,16,17)/t10-,11?,12?,13+,26?/m0/s1. The van der Waals surface area contributed by atoms with Crippen LogP contribution in [-0.2, 0) is 31.6 Å². The quantitative estimate of drug-likeness (QED) is 0.381. The highest BCUT2D eigenvalue weighted by Gasteiger charge is 2.46. The van der Waals surface area contributed by atoms with Gasteiger partial charge < -0.3 is 14.5 Å². The molecule has 3 fully saturated rings. The first-order valence-corrected chi connectivity index (χ1v) is 13.7. The Morgan fingerprint density at radius 1 is 0.926 bits per heavy atom. The van der Waals surface area contributed by atoms with Crippen molar-refractivity contribution in [3.05, 3.63) is 0 Å². The topological polar surface area (TPSA) is 181 Å². The molecule has 1 heterocycles. The molecule has 3 aliphatic rings. The zero-order valence-electron chi connectivity index (χ0n) is 14.8. The minimum atomic E-state index is -4.89. The van der Waals surface area contributed by atoms with E-state index in [0.717, 1.165) is 24.7 Å². The molecule has 0 aromatic carbocycles. The van der Waals surface area contributed by atoms with E-state index < -0.39 is 29.4 Å². The van der Waals surface area contributed by atoms with Gasteiger partial charge in [0, 0.05) is 0 Å². The molecule has 27 heavy (non-hydrogen) atoms. The van der Waals surface area contributed by atoms with Gasteiger partial charge >= 0.3 is 23.3 Å². The zero-order valence-corrected chi connectivity index (χ0v) is 17.5. The van der Waals surface area contributed by atoms with Gasteiger partial charge in [-0.2, -0.15) is 4.31 Å². The average Bonchev–Trinajstić information content (AvgIpc) is 2.83. The van der Waals surface area contributed by atoms with Crippen molar-refractivity contribution in [2.45, 2.75) is 57.2 Å². The van der Waals surface area contributed by atoms with Gasteiger partial charge in [0.1, 0.15) is 0 Å². The third-order valence-electron chi connectivity index (χ3n) is 5.63. The fourth-order valence-electron chi connectivity index (χ4n) is 4.16. The number of phosphoric ester groups is 1. The third kappa shape index (κ3) is 6.17. The second-order valence-corrected chi connectivity index (χ2v) is 12.2. The van der Waals surface area contributed by atoms with Gasteiger partial charge in [-0.25, -0.2) is 29.0 Å². The molecule has 7 atom stereocenters. The maximum Gasteiger partial charge on any atom is 0.480 e. The van der Waals surface area contributed by atoms with E-state index in [0.29, 0.717) is 12.3 Å². The molecule has 0 bridgehead atoms. The molecule has 0 radical (unpaired) electrons. The summed E-state index contributed by atoms with van der Waals surface area (Å²) in [6, 6.07) is 0. The summed E-state index contributed by atoms with van der Waals surface area (Å²) in [6.45, 7) is -0.259. The number of hydrogen-bond acceptors (Lipinski definition) is 7. The molecule has 0 aromatic rings. The van der Waals surface area contributed by atoms with E-state index in [9.17, 15) is 18.6 Å². The Hall–Kier alpha value is 0.370. The summed E-state index contributed by atoms with van der Waals surface area (Å²) in [6.07, 6.45) is 7.57. The second kappa shape index (κ2) is 8.25. The van der Waals surface area contributed by atoms with Crippen LogP contribution in [0.2, 0.25) is 0 Å². The third-order valence-corrected chi connectivity index (χ3v) is 9.69. The fourth-order valence-corrected chi connectivity index (χ4v) is 7.55. The lowest BCUT2D eigenvalue weighted by atomic mass is 9.59. The maximum absolute atomic E-state index is 11.9. The highest BCUT2D eigenvalue weighted by Crippen LogP contribution is 2.63. The van der Waals surface area contributed by atoms with Gasteiger partial charge in [-0.1, -0.05) is 19.3 Å². The predicted molar refractivity (Wildman–Crippen MR) is 95.2 cm³/mol. The molecule has 6 N–H and O–H groups in total. The Bertz CT molecular complexity index is 682. The molecule has 0 amide bonds. The fraction of sp³-hybridized carbons (Fsp3) is 1.00. The van der Waals surface area contributed by atoms with Crippen LogP contribution in [0.25, 0.3) is 0 Å². The summed E-state index contributed by atoms with van der Waals surface area (Å²) in [7, 11) is -14.5. The molecular weight excluding hydrogens is 421 g/mol. The molecule has 14 heteroatoms. The van der Waals surface area contributed by atoms with Crippen LogP contribution in [-0.4, -0.2) is 28.6 Å². The summed E-state index contributed by atoms with van der Waals surface area (Å²) in [5.41, 5.74) is 9.63. The minimum absolute atomic E-state index is 0.124. The van der Waals surface area contributed by atoms with Crippen LogP contribution in [0, 0.1) is 17.8 Å². The Labute approximate surface area is 157 Å². The van der Waals surface area contributed by atoms with E-state index >= 15 is 0 Å². The molecule has 1 saturated heterocycles. The van der Waals surface area contributed by atoms with Crippen molar-refractivity contribution < 1.29 is 41.4 Å². The number of hydrogen-bond donors (Lipinski definition) is 4. The van der Waals surface area contributed by atoms with Crippen LogP contribution in [0.5, 0.6) is 0 Å². The Kier molecular flexibility index (Phi) is 6.74. The van der Waals surface area contributed by atoms with Crippen molar-refractivity contribution >= 4 is 23.3 Å². The van der Waals surface area contributed by atoms with Crippen LogP contribution in [0.4, 0.5) is 0 Å². The van der Waals surface area contributed by atoms with Crippen molar-refractivity contribution in [1.82, 2.24) is 0 Å². The number of nitrogens with two attached hydrogens (primary N) is 2. The van der Waals surface area contributed by atoms with Crippen molar-refractivity contribution in [2.75, 3.05) is 6.61 Å². The predicted octanol–water partition coefficient (Wildman–Crippen LogP) is 2.64. The lowest BCUT2D eigenvalue weighted by Gasteiger charge is -2.48. The monoisotopic (exact) mass is 448 g/mol. The van der Waals surface area contributed by atoms with Crippen molar-refractivity contribution in [3.63, 3.8) is 0 Å². The van der Waals surface area contributed by atoms with Gasteiger partial charge in [0.15, 0.2) is 0 Å².